The van der Waals surface area contributed by atoms with E-state index in [4.69, 9.17) is 17.3 Å². The van der Waals surface area contributed by atoms with E-state index in [2.05, 4.69) is 15.3 Å². The maximum absolute atomic E-state index is 12.0. The van der Waals surface area contributed by atoms with Gasteiger partial charge in [0.15, 0.2) is 5.13 Å². The van der Waals surface area contributed by atoms with Crippen molar-refractivity contribution in [2.24, 2.45) is 0 Å². The first-order valence-corrected chi connectivity index (χ1v) is 6.90. The van der Waals surface area contributed by atoms with Gasteiger partial charge < -0.3 is 5.73 Å². The number of amides is 1. The van der Waals surface area contributed by atoms with Gasteiger partial charge in [0.25, 0.3) is 5.91 Å². The Labute approximate surface area is 119 Å². The van der Waals surface area contributed by atoms with Gasteiger partial charge in [-0.3, -0.25) is 10.1 Å². The summed E-state index contributed by atoms with van der Waals surface area (Å²) in [5.41, 5.74) is 6.63. The monoisotopic (exact) mass is 296 g/mol. The lowest BCUT2D eigenvalue weighted by atomic mass is 10.3. The fourth-order valence-electron chi connectivity index (χ4n) is 1.58. The molecule has 0 atom stereocenters. The molecule has 7 heteroatoms. The summed E-state index contributed by atoms with van der Waals surface area (Å²) in [6.07, 6.45) is 0.829. The van der Waals surface area contributed by atoms with Gasteiger partial charge in [0.2, 0.25) is 0 Å². The standard InChI is InChI=1S/C12H13ClN4OS/c1-3-8-6(2)19-12(15-8)17-11(18)10-7(13)4-5-9(14)16-10/h4-5H,3H2,1-2H3,(H2,14,16)(H,15,17,18). The summed E-state index contributed by atoms with van der Waals surface area (Å²) in [6, 6.07) is 3.09. The number of nitrogens with two attached hydrogens (primary N) is 1. The normalized spacial score (nSPS) is 10.5. The predicted molar refractivity (Wildman–Crippen MR) is 77.8 cm³/mol. The van der Waals surface area contributed by atoms with E-state index in [9.17, 15) is 4.79 Å². The Kier molecular flexibility index (Phi) is 4.01. The molecule has 0 spiro atoms. The van der Waals surface area contributed by atoms with Crippen molar-refractivity contribution in [3.05, 3.63) is 33.4 Å². The third kappa shape index (κ3) is 3.02. The van der Waals surface area contributed by atoms with E-state index in [1.807, 2.05) is 13.8 Å². The second kappa shape index (κ2) is 5.54. The Hall–Kier alpha value is -1.66. The molecule has 0 aliphatic carbocycles. The van der Waals surface area contributed by atoms with E-state index in [0.29, 0.717) is 5.13 Å². The number of carbonyl (C=O) groups excluding carboxylic acids is 1. The van der Waals surface area contributed by atoms with E-state index >= 15 is 0 Å². The van der Waals surface area contributed by atoms with Gasteiger partial charge in [0.05, 0.1) is 10.7 Å². The van der Waals surface area contributed by atoms with Crippen LogP contribution < -0.4 is 11.1 Å². The fraction of sp³-hybridized carbons (Fsp3) is 0.250. The smallest absolute Gasteiger partial charge is 0.277 e. The number of pyridine rings is 1. The number of carbonyl (C=O) groups is 1. The zero-order valence-corrected chi connectivity index (χ0v) is 12.1. The van der Waals surface area contributed by atoms with Crippen LogP contribution in [0.3, 0.4) is 0 Å². The third-order valence-electron chi connectivity index (χ3n) is 2.53. The molecule has 0 aromatic carbocycles. The van der Waals surface area contributed by atoms with Gasteiger partial charge in [-0.1, -0.05) is 18.5 Å². The van der Waals surface area contributed by atoms with Crippen LogP contribution in [-0.4, -0.2) is 15.9 Å². The number of anilines is 2. The Bertz CT molecular complexity index is 626. The maximum atomic E-state index is 12.0. The van der Waals surface area contributed by atoms with E-state index in [1.54, 1.807) is 12.1 Å². The van der Waals surface area contributed by atoms with Crippen LogP contribution >= 0.6 is 22.9 Å². The number of nitrogens with one attached hydrogen (secondary N) is 1. The van der Waals surface area contributed by atoms with Crippen LogP contribution in [0.5, 0.6) is 0 Å². The number of nitrogen functional groups attached to an aromatic ring is 1. The van der Waals surface area contributed by atoms with Crippen LogP contribution in [0, 0.1) is 6.92 Å². The highest BCUT2D eigenvalue weighted by atomic mass is 35.5. The van der Waals surface area contributed by atoms with Crippen LogP contribution in [0.25, 0.3) is 0 Å². The van der Waals surface area contributed by atoms with Gasteiger partial charge >= 0.3 is 0 Å². The minimum Gasteiger partial charge on any atom is -0.384 e. The van der Waals surface area contributed by atoms with E-state index < -0.39 is 5.91 Å². The van der Waals surface area contributed by atoms with Gasteiger partial charge in [-0.15, -0.1) is 11.3 Å². The van der Waals surface area contributed by atoms with Crippen molar-refractivity contribution in [2.75, 3.05) is 11.1 Å². The summed E-state index contributed by atoms with van der Waals surface area (Å²) >= 11 is 7.35. The molecule has 0 saturated carbocycles. The zero-order valence-electron chi connectivity index (χ0n) is 10.5. The fourth-order valence-corrected chi connectivity index (χ4v) is 2.67. The molecule has 2 rings (SSSR count). The summed E-state index contributed by atoms with van der Waals surface area (Å²) in [4.78, 5) is 21.4. The van der Waals surface area contributed by atoms with E-state index in [0.717, 1.165) is 17.0 Å². The molecule has 2 heterocycles. The lowest BCUT2D eigenvalue weighted by molar-refractivity contribution is 0.102. The molecule has 2 aromatic rings. The van der Waals surface area contributed by atoms with Crippen molar-refractivity contribution in [2.45, 2.75) is 20.3 Å². The van der Waals surface area contributed by atoms with Crippen molar-refractivity contribution in [1.82, 2.24) is 9.97 Å². The number of hydrogen-bond donors (Lipinski definition) is 2. The van der Waals surface area contributed by atoms with Gasteiger partial charge in [-0.2, -0.15) is 0 Å². The molecular formula is C12H13ClN4OS. The molecule has 0 fully saturated rings. The number of aromatic nitrogens is 2. The van der Waals surface area contributed by atoms with Crippen molar-refractivity contribution < 1.29 is 4.79 Å². The topological polar surface area (TPSA) is 80.9 Å². The van der Waals surface area contributed by atoms with Gasteiger partial charge in [-0.05, 0) is 25.5 Å². The second-order valence-electron chi connectivity index (χ2n) is 3.90. The van der Waals surface area contributed by atoms with Crippen molar-refractivity contribution >= 4 is 39.8 Å². The molecule has 0 bridgehead atoms. The highest BCUT2D eigenvalue weighted by Gasteiger charge is 2.15. The Morgan fingerprint density at radius 1 is 1.47 bits per heavy atom. The van der Waals surface area contributed by atoms with Crippen molar-refractivity contribution in [3.63, 3.8) is 0 Å². The van der Waals surface area contributed by atoms with Gasteiger partial charge in [0.1, 0.15) is 11.5 Å². The second-order valence-corrected chi connectivity index (χ2v) is 5.51. The highest BCUT2D eigenvalue weighted by molar-refractivity contribution is 7.15. The SMILES string of the molecule is CCc1nc(NC(=O)c2nc(N)ccc2Cl)sc1C. The van der Waals surface area contributed by atoms with Gasteiger partial charge in [-0.25, -0.2) is 9.97 Å². The summed E-state index contributed by atoms with van der Waals surface area (Å²) < 4.78 is 0. The van der Waals surface area contributed by atoms with Crippen LogP contribution in [0.1, 0.15) is 28.0 Å². The average Bonchev–Trinajstić information content (AvgIpc) is 2.72. The summed E-state index contributed by atoms with van der Waals surface area (Å²) in [6.45, 7) is 3.99. The Morgan fingerprint density at radius 2 is 2.21 bits per heavy atom. The molecular weight excluding hydrogens is 284 g/mol. The van der Waals surface area contributed by atoms with Crippen LogP contribution in [0.4, 0.5) is 10.9 Å². The number of aryl methyl sites for hydroxylation is 2. The first kappa shape index (κ1) is 13.8. The molecule has 1 amide bonds. The Morgan fingerprint density at radius 3 is 2.84 bits per heavy atom. The molecule has 19 heavy (non-hydrogen) atoms. The minimum absolute atomic E-state index is 0.104. The molecule has 0 aliphatic rings. The van der Waals surface area contributed by atoms with E-state index in [-0.39, 0.29) is 16.5 Å². The Balaban J connectivity index is 2.22. The first-order valence-electron chi connectivity index (χ1n) is 5.71. The van der Waals surface area contributed by atoms with Crippen LogP contribution in [0.15, 0.2) is 12.1 Å². The molecule has 0 saturated heterocycles. The molecule has 0 unspecified atom stereocenters. The first-order chi connectivity index (χ1) is 9.01. The number of halogens is 1. The highest BCUT2D eigenvalue weighted by Crippen LogP contribution is 2.24. The van der Waals surface area contributed by atoms with Crippen LogP contribution in [-0.2, 0) is 6.42 Å². The van der Waals surface area contributed by atoms with Crippen LogP contribution in [0.2, 0.25) is 5.02 Å². The van der Waals surface area contributed by atoms with Gasteiger partial charge in [0, 0.05) is 4.88 Å². The van der Waals surface area contributed by atoms with Crippen molar-refractivity contribution in [1.29, 1.82) is 0 Å². The number of rotatable bonds is 3. The largest absolute Gasteiger partial charge is 0.384 e. The average molecular weight is 297 g/mol. The summed E-state index contributed by atoms with van der Waals surface area (Å²) in [7, 11) is 0. The lowest BCUT2D eigenvalue weighted by Crippen LogP contribution is -2.15. The molecule has 100 valence electrons. The zero-order chi connectivity index (χ0) is 14.0. The molecule has 3 N–H and O–H groups in total. The lowest BCUT2D eigenvalue weighted by Gasteiger charge is -2.03. The van der Waals surface area contributed by atoms with Crippen molar-refractivity contribution in [3.8, 4) is 0 Å². The predicted octanol–water partition coefficient (Wildman–Crippen LogP) is 2.90. The molecule has 5 nitrogen and oxygen atoms in total. The summed E-state index contributed by atoms with van der Waals surface area (Å²) in [5, 5.41) is 3.49. The maximum Gasteiger partial charge on any atom is 0.277 e. The molecule has 0 aliphatic heterocycles. The third-order valence-corrected chi connectivity index (χ3v) is 3.76. The number of thiazole rings is 1. The van der Waals surface area contributed by atoms with E-state index in [1.165, 1.54) is 11.3 Å². The quantitative estimate of drug-likeness (QED) is 0.912. The minimum atomic E-state index is -0.409. The number of hydrogen-bond acceptors (Lipinski definition) is 5. The number of nitrogens with zero attached hydrogens (tertiary/aromatic N) is 2. The molecule has 0 radical (unpaired) electrons. The molecule has 2 aromatic heterocycles. The summed E-state index contributed by atoms with van der Waals surface area (Å²) in [5.74, 6) is -0.159.